The van der Waals surface area contributed by atoms with Crippen molar-refractivity contribution >= 4 is 29.1 Å². The minimum atomic E-state index is -1.07. The third-order valence-electron chi connectivity index (χ3n) is 2.93. The van der Waals surface area contributed by atoms with Crippen LogP contribution in [0.3, 0.4) is 0 Å². The Morgan fingerprint density at radius 1 is 1.25 bits per heavy atom. The quantitative estimate of drug-likeness (QED) is 0.755. The fourth-order valence-electron chi connectivity index (χ4n) is 1.81. The molecule has 1 amide bonds. The number of carbonyl (C=O) groups excluding carboxylic acids is 1. The second kappa shape index (κ2) is 7.60. The fraction of sp³-hybridized carbons (Fsp3) is 0.500. The molecule has 0 saturated carbocycles. The van der Waals surface area contributed by atoms with E-state index in [1.165, 1.54) is 0 Å². The molecule has 0 unspecified atom stereocenters. The fourth-order valence-corrected chi connectivity index (χ4v) is 2.06. The van der Waals surface area contributed by atoms with Gasteiger partial charge in [-0.1, -0.05) is 23.2 Å². The Bertz CT molecular complexity index is 464. The lowest BCUT2D eigenvalue weighted by atomic mass is 10.1. The molecule has 1 aromatic carbocycles. The van der Waals surface area contributed by atoms with E-state index >= 15 is 0 Å². The number of alkyl halides is 2. The maximum absolute atomic E-state index is 12.0. The van der Waals surface area contributed by atoms with Gasteiger partial charge in [-0.15, -0.1) is 0 Å². The first kappa shape index (κ1) is 16.9. The van der Waals surface area contributed by atoms with Crippen LogP contribution in [-0.4, -0.2) is 35.9 Å². The molecule has 0 radical (unpaired) electrons. The third-order valence-corrected chi connectivity index (χ3v) is 3.30. The smallest absolute Gasteiger partial charge is 0.256 e. The molecule has 0 aliphatic carbocycles. The molecule has 0 bridgehead atoms. The molecule has 0 heterocycles. The first-order chi connectivity index (χ1) is 9.40. The molecule has 20 heavy (non-hydrogen) atoms. The van der Waals surface area contributed by atoms with Crippen molar-refractivity contribution in [2.45, 2.75) is 31.3 Å². The molecule has 0 atom stereocenters. The van der Waals surface area contributed by atoms with Crippen molar-refractivity contribution < 1.29 is 14.3 Å². The first-order valence-electron chi connectivity index (χ1n) is 6.20. The van der Waals surface area contributed by atoms with Crippen LogP contribution in [0, 0.1) is 0 Å². The molecule has 4 nitrogen and oxygen atoms in total. The summed E-state index contributed by atoms with van der Waals surface area (Å²) in [7, 11) is 3.16. The standard InChI is InChI=1S/C14H19Cl2NO3/c1-9(2)17(14(18)13(15)16)8-10-5-6-11(19-3)7-12(10)20-4/h5-7,9,13H,8H2,1-4H3. The van der Waals surface area contributed by atoms with Crippen LogP contribution in [0.5, 0.6) is 11.5 Å². The van der Waals surface area contributed by atoms with Crippen molar-refractivity contribution in [2.24, 2.45) is 0 Å². The van der Waals surface area contributed by atoms with Crippen molar-refractivity contribution in [1.82, 2.24) is 4.90 Å². The van der Waals surface area contributed by atoms with Crippen molar-refractivity contribution in [3.8, 4) is 11.5 Å². The Balaban J connectivity index is 3.02. The minimum absolute atomic E-state index is 0.0192. The zero-order valence-electron chi connectivity index (χ0n) is 12.0. The molecule has 1 rings (SSSR count). The van der Waals surface area contributed by atoms with E-state index < -0.39 is 4.84 Å². The molecule has 0 aliphatic heterocycles. The van der Waals surface area contributed by atoms with E-state index in [-0.39, 0.29) is 11.9 Å². The van der Waals surface area contributed by atoms with Gasteiger partial charge in [-0.3, -0.25) is 4.79 Å². The van der Waals surface area contributed by atoms with Crippen LogP contribution < -0.4 is 9.47 Å². The number of methoxy groups -OCH3 is 2. The lowest BCUT2D eigenvalue weighted by Gasteiger charge is -2.28. The van der Waals surface area contributed by atoms with Crippen molar-refractivity contribution in [3.63, 3.8) is 0 Å². The number of halogens is 2. The largest absolute Gasteiger partial charge is 0.497 e. The van der Waals surface area contributed by atoms with Crippen molar-refractivity contribution in [3.05, 3.63) is 23.8 Å². The van der Waals surface area contributed by atoms with E-state index in [4.69, 9.17) is 32.7 Å². The van der Waals surface area contributed by atoms with Gasteiger partial charge in [0.2, 0.25) is 0 Å². The molecule has 6 heteroatoms. The Labute approximate surface area is 129 Å². The predicted molar refractivity (Wildman–Crippen MR) is 80.7 cm³/mol. The highest BCUT2D eigenvalue weighted by molar-refractivity contribution is 6.53. The summed E-state index contributed by atoms with van der Waals surface area (Å²) in [6, 6.07) is 5.43. The van der Waals surface area contributed by atoms with Gasteiger partial charge in [0, 0.05) is 24.2 Å². The zero-order valence-corrected chi connectivity index (χ0v) is 13.5. The molecule has 112 valence electrons. The lowest BCUT2D eigenvalue weighted by Crippen LogP contribution is -2.39. The van der Waals surface area contributed by atoms with Crippen molar-refractivity contribution in [1.29, 1.82) is 0 Å². The maximum Gasteiger partial charge on any atom is 0.256 e. The van der Waals surface area contributed by atoms with Crippen molar-refractivity contribution in [2.75, 3.05) is 14.2 Å². The monoisotopic (exact) mass is 319 g/mol. The molecule has 0 N–H and O–H groups in total. The molecule has 0 saturated heterocycles. The van der Waals surface area contributed by atoms with E-state index in [2.05, 4.69) is 0 Å². The number of amides is 1. The lowest BCUT2D eigenvalue weighted by molar-refractivity contribution is -0.131. The highest BCUT2D eigenvalue weighted by Gasteiger charge is 2.24. The molecule has 0 aliphatic rings. The Kier molecular flexibility index (Phi) is 6.43. The average Bonchev–Trinajstić information content (AvgIpc) is 2.43. The van der Waals surface area contributed by atoms with Gasteiger partial charge in [0.25, 0.3) is 5.91 Å². The number of hydrogen-bond acceptors (Lipinski definition) is 3. The number of benzene rings is 1. The Hall–Kier alpha value is -1.13. The second-order valence-electron chi connectivity index (χ2n) is 4.54. The zero-order chi connectivity index (χ0) is 15.3. The number of hydrogen-bond donors (Lipinski definition) is 0. The summed E-state index contributed by atoms with van der Waals surface area (Å²) < 4.78 is 10.5. The van der Waals surface area contributed by atoms with Crippen LogP contribution in [0.1, 0.15) is 19.4 Å². The topological polar surface area (TPSA) is 38.8 Å². The highest BCUT2D eigenvalue weighted by Crippen LogP contribution is 2.27. The van der Waals surface area contributed by atoms with E-state index in [1.54, 1.807) is 25.2 Å². The SMILES string of the molecule is COc1ccc(CN(C(=O)C(Cl)Cl)C(C)C)c(OC)c1. The van der Waals surface area contributed by atoms with Crippen LogP contribution in [0.4, 0.5) is 0 Å². The van der Waals surface area contributed by atoms with Crippen LogP contribution >= 0.6 is 23.2 Å². The Morgan fingerprint density at radius 2 is 1.90 bits per heavy atom. The van der Waals surface area contributed by atoms with Gasteiger partial charge in [0.15, 0.2) is 4.84 Å². The van der Waals surface area contributed by atoms with E-state index in [1.807, 2.05) is 26.0 Å². The molecular weight excluding hydrogens is 301 g/mol. The summed E-state index contributed by atoms with van der Waals surface area (Å²) in [6.07, 6.45) is 0. The van der Waals surface area contributed by atoms with E-state index in [0.717, 1.165) is 5.56 Å². The molecule has 0 aromatic heterocycles. The van der Waals surface area contributed by atoms with Crippen LogP contribution in [0.15, 0.2) is 18.2 Å². The van der Waals surface area contributed by atoms with Gasteiger partial charge < -0.3 is 14.4 Å². The Morgan fingerprint density at radius 3 is 2.35 bits per heavy atom. The molecule has 1 aromatic rings. The minimum Gasteiger partial charge on any atom is -0.497 e. The van der Waals surface area contributed by atoms with Gasteiger partial charge in [-0.2, -0.15) is 0 Å². The van der Waals surface area contributed by atoms with Crippen LogP contribution in [-0.2, 0) is 11.3 Å². The van der Waals surface area contributed by atoms with Gasteiger partial charge in [0.05, 0.1) is 14.2 Å². The summed E-state index contributed by atoms with van der Waals surface area (Å²) in [5.41, 5.74) is 0.865. The number of ether oxygens (including phenoxy) is 2. The van der Waals surface area contributed by atoms with Gasteiger partial charge in [-0.25, -0.2) is 0 Å². The molecule has 0 fully saturated rings. The molecule has 0 spiro atoms. The number of rotatable bonds is 6. The van der Waals surface area contributed by atoms with Crippen LogP contribution in [0.25, 0.3) is 0 Å². The second-order valence-corrected chi connectivity index (χ2v) is 5.63. The van der Waals surface area contributed by atoms with E-state index in [9.17, 15) is 4.79 Å². The maximum atomic E-state index is 12.0. The van der Waals surface area contributed by atoms with Crippen LogP contribution in [0.2, 0.25) is 0 Å². The first-order valence-corrected chi connectivity index (χ1v) is 7.07. The van der Waals surface area contributed by atoms with Gasteiger partial charge in [-0.05, 0) is 26.0 Å². The van der Waals surface area contributed by atoms with E-state index in [0.29, 0.717) is 18.0 Å². The normalized spacial score (nSPS) is 10.8. The summed E-state index contributed by atoms with van der Waals surface area (Å²) in [6.45, 7) is 4.19. The number of carbonyl (C=O) groups is 1. The summed E-state index contributed by atoms with van der Waals surface area (Å²) in [5, 5.41) is 0. The number of nitrogens with zero attached hydrogens (tertiary/aromatic N) is 1. The molecular formula is C14H19Cl2NO3. The summed E-state index contributed by atoms with van der Waals surface area (Å²) in [4.78, 5) is 12.5. The third kappa shape index (κ3) is 4.18. The average molecular weight is 320 g/mol. The highest BCUT2D eigenvalue weighted by atomic mass is 35.5. The summed E-state index contributed by atoms with van der Waals surface area (Å²) >= 11 is 11.4. The van der Waals surface area contributed by atoms with Gasteiger partial charge in [0.1, 0.15) is 11.5 Å². The summed E-state index contributed by atoms with van der Waals surface area (Å²) in [5.74, 6) is 1.03. The van der Waals surface area contributed by atoms with Gasteiger partial charge >= 0.3 is 0 Å². The predicted octanol–water partition coefficient (Wildman–Crippen LogP) is 3.24.